The summed E-state index contributed by atoms with van der Waals surface area (Å²) in [6, 6.07) is 5.18. The molecule has 3 heteroatoms. The number of hydrogen-bond donors (Lipinski definition) is 1. The van der Waals surface area contributed by atoms with Gasteiger partial charge >= 0.3 is 0 Å². The first-order valence-electron chi connectivity index (χ1n) is 4.30. The summed E-state index contributed by atoms with van der Waals surface area (Å²) < 4.78 is 9.85. The maximum atomic E-state index is 9.33. The number of phenols is 1. The third-order valence-corrected chi connectivity index (χ3v) is 1.78. The lowest BCUT2D eigenvalue weighted by atomic mass is 10.2. The van der Waals surface area contributed by atoms with Gasteiger partial charge in [-0.3, -0.25) is 0 Å². The van der Waals surface area contributed by atoms with Crippen LogP contribution in [0.5, 0.6) is 11.5 Å². The van der Waals surface area contributed by atoms with Gasteiger partial charge in [-0.05, 0) is 17.7 Å². The van der Waals surface area contributed by atoms with Crippen LogP contribution >= 0.6 is 0 Å². The van der Waals surface area contributed by atoms with Crippen LogP contribution in [0.25, 0.3) is 6.08 Å². The fourth-order valence-corrected chi connectivity index (χ4v) is 1.08. The second-order valence-electron chi connectivity index (χ2n) is 2.79. The summed E-state index contributed by atoms with van der Waals surface area (Å²) in [5.41, 5.74) is 0.969. The maximum absolute atomic E-state index is 9.33. The second kappa shape index (κ2) is 5.29. The molecule has 0 aliphatic heterocycles. The van der Waals surface area contributed by atoms with Gasteiger partial charge in [-0.25, -0.2) is 0 Å². The number of aromatic hydroxyl groups is 1. The molecule has 1 aromatic rings. The van der Waals surface area contributed by atoms with E-state index in [1.807, 2.05) is 18.2 Å². The predicted octanol–water partition coefficient (Wildman–Crippen LogP) is 2.06. The topological polar surface area (TPSA) is 38.7 Å². The van der Waals surface area contributed by atoms with Crippen molar-refractivity contribution in [3.8, 4) is 11.5 Å². The molecule has 1 N–H and O–H groups in total. The summed E-state index contributed by atoms with van der Waals surface area (Å²) in [7, 11) is 3.17. The molecular formula is C11H14O3. The van der Waals surface area contributed by atoms with E-state index in [0.717, 1.165) is 5.56 Å². The summed E-state index contributed by atoms with van der Waals surface area (Å²) in [6.07, 6.45) is 3.80. The van der Waals surface area contributed by atoms with E-state index >= 15 is 0 Å². The number of benzene rings is 1. The molecule has 76 valence electrons. The Hall–Kier alpha value is -1.48. The van der Waals surface area contributed by atoms with Crippen LogP contribution in [0.15, 0.2) is 24.3 Å². The first-order chi connectivity index (χ1) is 6.77. The molecule has 0 heterocycles. The molecule has 0 fully saturated rings. The Kier molecular flexibility index (Phi) is 4.01. The minimum absolute atomic E-state index is 0.149. The molecule has 0 aliphatic rings. The number of rotatable bonds is 4. The van der Waals surface area contributed by atoms with E-state index in [-0.39, 0.29) is 5.75 Å². The molecule has 0 saturated heterocycles. The standard InChI is InChI=1S/C11H14O3/c1-13-7-3-4-9-5-6-10(12)11(8-9)14-2/h3-6,8,12H,7H2,1-2H3/b4-3+. The van der Waals surface area contributed by atoms with Gasteiger partial charge in [0, 0.05) is 7.11 Å². The molecule has 0 amide bonds. The van der Waals surface area contributed by atoms with Gasteiger partial charge in [0.2, 0.25) is 0 Å². The monoisotopic (exact) mass is 194 g/mol. The van der Waals surface area contributed by atoms with Crippen molar-refractivity contribution in [2.75, 3.05) is 20.8 Å². The molecule has 0 saturated carbocycles. The molecular weight excluding hydrogens is 180 g/mol. The van der Waals surface area contributed by atoms with E-state index in [2.05, 4.69) is 0 Å². The molecule has 14 heavy (non-hydrogen) atoms. The van der Waals surface area contributed by atoms with Crippen LogP contribution < -0.4 is 4.74 Å². The lowest BCUT2D eigenvalue weighted by Crippen LogP contribution is -1.85. The highest BCUT2D eigenvalue weighted by Gasteiger charge is 1.99. The van der Waals surface area contributed by atoms with Crippen molar-refractivity contribution in [2.24, 2.45) is 0 Å². The molecule has 3 nitrogen and oxygen atoms in total. The molecule has 0 aliphatic carbocycles. The highest BCUT2D eigenvalue weighted by molar-refractivity contribution is 5.55. The Bertz CT molecular complexity index is 318. The lowest BCUT2D eigenvalue weighted by Gasteiger charge is -2.03. The third kappa shape index (κ3) is 2.78. The van der Waals surface area contributed by atoms with Crippen LogP contribution in [0.4, 0.5) is 0 Å². The average molecular weight is 194 g/mol. The minimum Gasteiger partial charge on any atom is -0.504 e. The van der Waals surface area contributed by atoms with E-state index in [4.69, 9.17) is 9.47 Å². The molecule has 0 atom stereocenters. The Labute approximate surface area is 83.6 Å². The van der Waals surface area contributed by atoms with Crippen molar-refractivity contribution in [1.29, 1.82) is 0 Å². The van der Waals surface area contributed by atoms with Gasteiger partial charge in [0.25, 0.3) is 0 Å². The third-order valence-electron chi connectivity index (χ3n) is 1.78. The summed E-state index contributed by atoms with van der Waals surface area (Å²) in [5, 5.41) is 9.33. The normalized spacial score (nSPS) is 10.7. The quantitative estimate of drug-likeness (QED) is 0.797. The van der Waals surface area contributed by atoms with Crippen LogP contribution in [-0.2, 0) is 4.74 Å². The van der Waals surface area contributed by atoms with Gasteiger partial charge in [-0.1, -0.05) is 18.2 Å². The van der Waals surface area contributed by atoms with E-state index in [9.17, 15) is 5.11 Å². The summed E-state index contributed by atoms with van der Waals surface area (Å²) >= 11 is 0. The fraction of sp³-hybridized carbons (Fsp3) is 0.273. The molecule has 1 aromatic carbocycles. The van der Waals surface area contributed by atoms with E-state index in [1.54, 1.807) is 19.2 Å². The zero-order chi connectivity index (χ0) is 10.4. The fourth-order valence-electron chi connectivity index (χ4n) is 1.08. The number of phenolic OH excluding ortho intramolecular Hbond substituents is 1. The average Bonchev–Trinajstić information content (AvgIpc) is 2.21. The molecule has 0 bridgehead atoms. The highest BCUT2D eigenvalue weighted by atomic mass is 16.5. The Morgan fingerprint density at radius 1 is 1.36 bits per heavy atom. The Morgan fingerprint density at radius 3 is 2.79 bits per heavy atom. The molecule has 0 aromatic heterocycles. The van der Waals surface area contributed by atoms with Crippen molar-refractivity contribution < 1.29 is 14.6 Å². The summed E-state index contributed by atoms with van der Waals surface area (Å²) in [6.45, 7) is 0.573. The van der Waals surface area contributed by atoms with Crippen molar-refractivity contribution in [3.05, 3.63) is 29.8 Å². The highest BCUT2D eigenvalue weighted by Crippen LogP contribution is 2.26. The van der Waals surface area contributed by atoms with Gasteiger partial charge in [-0.2, -0.15) is 0 Å². The smallest absolute Gasteiger partial charge is 0.161 e. The van der Waals surface area contributed by atoms with E-state index < -0.39 is 0 Å². The van der Waals surface area contributed by atoms with Crippen LogP contribution in [0, 0.1) is 0 Å². The molecule has 0 spiro atoms. The lowest BCUT2D eigenvalue weighted by molar-refractivity contribution is 0.234. The van der Waals surface area contributed by atoms with E-state index in [0.29, 0.717) is 12.4 Å². The number of ether oxygens (including phenoxy) is 2. The first kappa shape index (κ1) is 10.6. The minimum atomic E-state index is 0.149. The second-order valence-corrected chi connectivity index (χ2v) is 2.79. The Morgan fingerprint density at radius 2 is 2.14 bits per heavy atom. The SMILES string of the molecule is COC/C=C/c1ccc(O)c(OC)c1. The van der Waals surface area contributed by atoms with Crippen molar-refractivity contribution in [1.82, 2.24) is 0 Å². The first-order valence-corrected chi connectivity index (χ1v) is 4.30. The van der Waals surface area contributed by atoms with Crippen LogP contribution in [0.3, 0.4) is 0 Å². The van der Waals surface area contributed by atoms with Gasteiger partial charge in [0.05, 0.1) is 13.7 Å². The van der Waals surface area contributed by atoms with E-state index in [1.165, 1.54) is 7.11 Å². The van der Waals surface area contributed by atoms with Crippen LogP contribution in [0.1, 0.15) is 5.56 Å². The van der Waals surface area contributed by atoms with Gasteiger partial charge < -0.3 is 14.6 Å². The van der Waals surface area contributed by atoms with Crippen molar-refractivity contribution >= 4 is 6.08 Å². The predicted molar refractivity (Wildman–Crippen MR) is 55.6 cm³/mol. The van der Waals surface area contributed by atoms with Crippen LogP contribution in [0.2, 0.25) is 0 Å². The van der Waals surface area contributed by atoms with Crippen molar-refractivity contribution in [3.63, 3.8) is 0 Å². The van der Waals surface area contributed by atoms with Gasteiger partial charge in [-0.15, -0.1) is 0 Å². The largest absolute Gasteiger partial charge is 0.504 e. The molecule has 1 rings (SSSR count). The van der Waals surface area contributed by atoms with Gasteiger partial charge in [0.1, 0.15) is 0 Å². The van der Waals surface area contributed by atoms with Gasteiger partial charge in [0.15, 0.2) is 11.5 Å². The molecule has 0 unspecified atom stereocenters. The zero-order valence-electron chi connectivity index (χ0n) is 8.36. The van der Waals surface area contributed by atoms with Crippen molar-refractivity contribution in [2.45, 2.75) is 0 Å². The van der Waals surface area contributed by atoms with Crippen LogP contribution in [-0.4, -0.2) is 25.9 Å². The number of hydrogen-bond acceptors (Lipinski definition) is 3. The maximum Gasteiger partial charge on any atom is 0.161 e. The zero-order valence-corrected chi connectivity index (χ0v) is 8.36. The summed E-state index contributed by atoms with van der Waals surface area (Å²) in [4.78, 5) is 0. The molecule has 0 radical (unpaired) electrons. The Balaban J connectivity index is 2.79. The number of methoxy groups -OCH3 is 2. The summed E-state index contributed by atoms with van der Waals surface area (Å²) in [5.74, 6) is 0.626.